The van der Waals surface area contributed by atoms with Gasteiger partial charge in [0.1, 0.15) is 5.82 Å². The second-order valence-corrected chi connectivity index (χ2v) is 9.27. The molecule has 2 aromatic carbocycles. The van der Waals surface area contributed by atoms with Crippen molar-refractivity contribution in [3.05, 3.63) is 61.0 Å². The number of carboxylic acid groups (broad SMARTS) is 1. The monoisotopic (exact) mass is 579 g/mol. The molecule has 174 valence electrons. The van der Waals surface area contributed by atoms with Crippen molar-refractivity contribution < 1.29 is 19.4 Å². The smallest absolute Gasteiger partial charge is 0.344 e. The SMILES string of the molecule is CCOc1cc(C=Nn2c(C(C)C)nc3ccc(Br)cc3c2=O)c(Br)cc1O[C@H](C)C(=O)O. The van der Waals surface area contributed by atoms with Crippen molar-refractivity contribution in [1.82, 2.24) is 9.66 Å². The van der Waals surface area contributed by atoms with Gasteiger partial charge in [0.05, 0.1) is 23.7 Å². The van der Waals surface area contributed by atoms with Crippen LogP contribution in [0.2, 0.25) is 0 Å². The van der Waals surface area contributed by atoms with E-state index in [-0.39, 0.29) is 17.2 Å². The average Bonchev–Trinajstić information content (AvgIpc) is 2.75. The Bertz CT molecular complexity index is 1290. The fourth-order valence-electron chi connectivity index (χ4n) is 3.02. The van der Waals surface area contributed by atoms with Crippen LogP contribution in [0.25, 0.3) is 10.9 Å². The van der Waals surface area contributed by atoms with E-state index in [4.69, 9.17) is 14.6 Å². The van der Waals surface area contributed by atoms with E-state index in [2.05, 4.69) is 41.9 Å². The molecule has 0 aliphatic heterocycles. The molecule has 0 bridgehead atoms. The molecule has 0 saturated carbocycles. The lowest BCUT2D eigenvalue weighted by molar-refractivity contribution is -0.144. The number of nitrogens with zero attached hydrogens (tertiary/aromatic N) is 3. The van der Waals surface area contributed by atoms with Crippen molar-refractivity contribution in [3.8, 4) is 11.5 Å². The molecule has 10 heteroatoms. The van der Waals surface area contributed by atoms with Crippen LogP contribution in [0.5, 0.6) is 11.5 Å². The molecule has 33 heavy (non-hydrogen) atoms. The fraction of sp³-hybridized carbons (Fsp3) is 0.304. The summed E-state index contributed by atoms with van der Waals surface area (Å²) in [6, 6.07) is 8.65. The molecule has 0 unspecified atom stereocenters. The van der Waals surface area contributed by atoms with Crippen LogP contribution in [0.15, 0.2) is 49.2 Å². The number of hydrogen-bond donors (Lipinski definition) is 1. The lowest BCUT2D eigenvalue weighted by Gasteiger charge is -2.16. The van der Waals surface area contributed by atoms with Gasteiger partial charge in [-0.05, 0) is 60.1 Å². The summed E-state index contributed by atoms with van der Waals surface area (Å²) in [6.45, 7) is 7.49. The number of ether oxygens (including phenoxy) is 2. The summed E-state index contributed by atoms with van der Waals surface area (Å²) in [6.07, 6.45) is 0.473. The van der Waals surface area contributed by atoms with Crippen LogP contribution in [0.4, 0.5) is 0 Å². The van der Waals surface area contributed by atoms with E-state index in [9.17, 15) is 9.59 Å². The van der Waals surface area contributed by atoms with E-state index in [0.29, 0.717) is 39.1 Å². The van der Waals surface area contributed by atoms with Crippen LogP contribution in [0.3, 0.4) is 0 Å². The lowest BCUT2D eigenvalue weighted by Crippen LogP contribution is -2.23. The quantitative estimate of drug-likeness (QED) is 0.368. The molecule has 1 atom stereocenters. The van der Waals surface area contributed by atoms with Crippen LogP contribution in [0, 0.1) is 0 Å². The summed E-state index contributed by atoms with van der Waals surface area (Å²) in [5.74, 6) is 0.0524. The Morgan fingerprint density at radius 2 is 1.94 bits per heavy atom. The topological polar surface area (TPSA) is 103 Å². The lowest BCUT2D eigenvalue weighted by atomic mass is 10.2. The predicted octanol–water partition coefficient (Wildman–Crippen LogP) is 5.18. The van der Waals surface area contributed by atoms with E-state index in [1.165, 1.54) is 17.8 Å². The highest BCUT2D eigenvalue weighted by Gasteiger charge is 2.18. The number of halogens is 2. The number of carbonyl (C=O) groups is 1. The first-order chi connectivity index (χ1) is 15.6. The van der Waals surface area contributed by atoms with Gasteiger partial charge in [-0.2, -0.15) is 9.78 Å². The normalized spacial score (nSPS) is 12.5. The summed E-state index contributed by atoms with van der Waals surface area (Å²) >= 11 is 6.86. The molecule has 0 aliphatic rings. The number of aliphatic carboxylic acids is 1. The van der Waals surface area contributed by atoms with Crippen molar-refractivity contribution in [2.75, 3.05) is 6.61 Å². The Morgan fingerprint density at radius 3 is 2.58 bits per heavy atom. The van der Waals surface area contributed by atoms with Gasteiger partial charge in [0.25, 0.3) is 5.56 Å². The first kappa shape index (κ1) is 24.9. The Balaban J connectivity index is 2.10. The highest BCUT2D eigenvalue weighted by atomic mass is 79.9. The Kier molecular flexibility index (Phi) is 7.91. The van der Waals surface area contributed by atoms with Crippen LogP contribution >= 0.6 is 31.9 Å². The van der Waals surface area contributed by atoms with E-state index >= 15 is 0 Å². The molecule has 3 rings (SSSR count). The van der Waals surface area contributed by atoms with Crippen molar-refractivity contribution >= 4 is 54.9 Å². The van der Waals surface area contributed by atoms with Crippen molar-refractivity contribution in [2.24, 2.45) is 5.10 Å². The Hall–Kier alpha value is -2.72. The van der Waals surface area contributed by atoms with Crippen molar-refractivity contribution in [1.29, 1.82) is 0 Å². The van der Waals surface area contributed by atoms with Crippen molar-refractivity contribution in [3.63, 3.8) is 0 Å². The van der Waals surface area contributed by atoms with Gasteiger partial charge in [0.15, 0.2) is 17.6 Å². The third-order valence-corrected chi connectivity index (χ3v) is 5.86. The summed E-state index contributed by atoms with van der Waals surface area (Å²) in [7, 11) is 0. The van der Waals surface area contributed by atoms with Gasteiger partial charge in [0.2, 0.25) is 0 Å². The zero-order chi connectivity index (χ0) is 24.3. The van der Waals surface area contributed by atoms with E-state index in [0.717, 1.165) is 4.47 Å². The zero-order valence-corrected chi connectivity index (χ0v) is 21.7. The molecule has 3 aromatic rings. The van der Waals surface area contributed by atoms with E-state index in [1.54, 1.807) is 24.3 Å². The van der Waals surface area contributed by atoms with Gasteiger partial charge >= 0.3 is 5.97 Å². The first-order valence-corrected chi connectivity index (χ1v) is 11.8. The van der Waals surface area contributed by atoms with Gasteiger partial charge in [-0.1, -0.05) is 29.8 Å². The summed E-state index contributed by atoms with van der Waals surface area (Å²) in [5, 5.41) is 14.0. The minimum Gasteiger partial charge on any atom is -0.490 e. The van der Waals surface area contributed by atoms with Gasteiger partial charge in [-0.25, -0.2) is 9.78 Å². The van der Waals surface area contributed by atoms with Crippen molar-refractivity contribution in [2.45, 2.75) is 39.7 Å². The van der Waals surface area contributed by atoms with Gasteiger partial charge in [-0.3, -0.25) is 4.79 Å². The maximum Gasteiger partial charge on any atom is 0.344 e. The minimum absolute atomic E-state index is 0.0430. The number of benzene rings is 2. The highest BCUT2D eigenvalue weighted by molar-refractivity contribution is 9.10. The average molecular weight is 581 g/mol. The second kappa shape index (κ2) is 10.5. The van der Waals surface area contributed by atoms with Crippen LogP contribution in [-0.2, 0) is 4.79 Å². The van der Waals surface area contributed by atoms with Crippen LogP contribution < -0.4 is 15.0 Å². The fourth-order valence-corrected chi connectivity index (χ4v) is 3.81. The molecule has 8 nitrogen and oxygen atoms in total. The summed E-state index contributed by atoms with van der Waals surface area (Å²) < 4.78 is 13.8. The molecule has 0 radical (unpaired) electrons. The third-order valence-electron chi connectivity index (χ3n) is 4.68. The Labute approximate surface area is 207 Å². The predicted molar refractivity (Wildman–Crippen MR) is 134 cm³/mol. The number of aromatic nitrogens is 2. The maximum absolute atomic E-state index is 13.2. The molecular formula is C23H23Br2N3O5. The largest absolute Gasteiger partial charge is 0.490 e. The van der Waals surface area contributed by atoms with Gasteiger partial charge in [0, 0.05) is 20.4 Å². The number of fused-ring (bicyclic) bond motifs is 1. The number of rotatable bonds is 8. The Morgan fingerprint density at radius 1 is 1.21 bits per heavy atom. The van der Waals surface area contributed by atoms with E-state index in [1.807, 2.05) is 26.8 Å². The molecule has 0 fully saturated rings. The molecular weight excluding hydrogens is 558 g/mol. The standard InChI is InChI=1S/C23H23Br2N3O5/c1-5-32-19-8-14(17(25)10-20(19)33-13(4)23(30)31)11-26-28-21(12(2)3)27-18-7-6-15(24)9-16(18)22(28)29/h6-13H,5H2,1-4H3,(H,30,31)/t13-/m1/s1. The minimum atomic E-state index is -1.09. The zero-order valence-electron chi connectivity index (χ0n) is 18.5. The van der Waals surface area contributed by atoms with Gasteiger partial charge in [-0.15, -0.1) is 0 Å². The highest BCUT2D eigenvalue weighted by Crippen LogP contribution is 2.34. The second-order valence-electron chi connectivity index (χ2n) is 7.50. The maximum atomic E-state index is 13.2. The first-order valence-electron chi connectivity index (χ1n) is 10.2. The molecule has 0 saturated heterocycles. The van der Waals surface area contributed by atoms with Gasteiger partial charge < -0.3 is 14.6 Å². The summed E-state index contributed by atoms with van der Waals surface area (Å²) in [5.41, 5.74) is 0.939. The molecule has 0 spiro atoms. The molecule has 1 heterocycles. The number of carboxylic acids is 1. The number of hydrogen-bond acceptors (Lipinski definition) is 6. The van der Waals surface area contributed by atoms with Crippen LogP contribution in [0.1, 0.15) is 45.0 Å². The molecule has 1 aromatic heterocycles. The molecule has 0 aliphatic carbocycles. The third kappa shape index (κ3) is 5.62. The molecule has 1 N–H and O–H groups in total. The molecule has 0 amide bonds. The summed E-state index contributed by atoms with van der Waals surface area (Å²) in [4.78, 5) is 29.0. The van der Waals surface area contributed by atoms with Crippen LogP contribution in [-0.4, -0.2) is 39.7 Å². The van der Waals surface area contributed by atoms with E-state index < -0.39 is 12.1 Å².